The summed E-state index contributed by atoms with van der Waals surface area (Å²) in [5.74, 6) is -0.482. The molecule has 200 valence electrons. The monoisotopic (exact) mass is 527 g/mol. The number of hydrogen-bond acceptors (Lipinski definition) is 3. The van der Waals surface area contributed by atoms with Crippen LogP contribution in [0.3, 0.4) is 0 Å². The van der Waals surface area contributed by atoms with Gasteiger partial charge in [0.1, 0.15) is 0 Å². The van der Waals surface area contributed by atoms with Crippen molar-refractivity contribution in [3.05, 3.63) is 120 Å². The molecule has 4 nitrogen and oxygen atoms in total. The van der Waals surface area contributed by atoms with Gasteiger partial charge in [-0.15, -0.1) is 0 Å². The van der Waals surface area contributed by atoms with Crippen LogP contribution in [-0.4, -0.2) is 17.5 Å². The van der Waals surface area contributed by atoms with Gasteiger partial charge in [0, 0.05) is 23.1 Å². The molecule has 1 aliphatic heterocycles. The van der Waals surface area contributed by atoms with Crippen LogP contribution in [0, 0.1) is 55.4 Å². The topological polar surface area (TPSA) is 54.5 Å². The first-order valence-corrected chi connectivity index (χ1v) is 13.7. The highest BCUT2D eigenvalue weighted by atomic mass is 16.2. The molecular formula is C36H33NO3. The van der Waals surface area contributed by atoms with Crippen LogP contribution in [-0.2, 0) is 6.42 Å². The van der Waals surface area contributed by atoms with Gasteiger partial charge in [-0.25, -0.2) is 0 Å². The molecule has 0 unspecified atom stereocenters. The lowest BCUT2D eigenvalue weighted by Gasteiger charge is -2.25. The van der Waals surface area contributed by atoms with Gasteiger partial charge in [-0.05, 0) is 123 Å². The Morgan fingerprint density at radius 1 is 0.625 bits per heavy atom. The van der Waals surface area contributed by atoms with Crippen molar-refractivity contribution in [2.75, 3.05) is 4.90 Å². The van der Waals surface area contributed by atoms with Gasteiger partial charge >= 0.3 is 0 Å². The Morgan fingerprint density at radius 3 is 1.68 bits per heavy atom. The fourth-order valence-electron chi connectivity index (χ4n) is 6.83. The first kappa shape index (κ1) is 25.9. The molecule has 0 saturated heterocycles. The molecule has 3 aliphatic rings. The average molecular weight is 528 g/mol. The first-order chi connectivity index (χ1) is 18.9. The number of allylic oxidation sites excluding steroid dienone is 3. The second-order valence-electron chi connectivity index (χ2n) is 11.5. The van der Waals surface area contributed by atoms with Crippen LogP contribution in [0.5, 0.6) is 0 Å². The molecule has 0 radical (unpaired) electrons. The molecule has 0 atom stereocenters. The van der Waals surface area contributed by atoms with Gasteiger partial charge in [0.05, 0.1) is 22.5 Å². The van der Waals surface area contributed by atoms with Gasteiger partial charge < -0.3 is 0 Å². The van der Waals surface area contributed by atoms with E-state index in [0.29, 0.717) is 34.4 Å². The summed E-state index contributed by atoms with van der Waals surface area (Å²) in [6.45, 7) is 20.5. The smallest absolute Gasteiger partial charge is 0.263 e. The minimum atomic E-state index is -0.199. The molecule has 0 aromatic heterocycles. The first-order valence-electron chi connectivity index (χ1n) is 13.7. The summed E-state index contributed by atoms with van der Waals surface area (Å²) in [5, 5.41) is 0. The largest absolute Gasteiger partial charge is 0.288 e. The van der Waals surface area contributed by atoms with Crippen LogP contribution < -0.4 is 4.90 Å². The molecule has 0 N–H and O–H groups in total. The molecule has 0 spiro atoms. The van der Waals surface area contributed by atoms with Crippen LogP contribution in [0.1, 0.15) is 92.3 Å². The van der Waals surface area contributed by atoms with Gasteiger partial charge in [0.15, 0.2) is 11.6 Å². The second kappa shape index (κ2) is 8.59. The number of nitrogens with zero attached hydrogens (tertiary/aromatic N) is 1. The maximum Gasteiger partial charge on any atom is 0.263 e. The second-order valence-corrected chi connectivity index (χ2v) is 11.5. The number of carbonyl (C=O) groups excluding carboxylic acids is 3. The van der Waals surface area contributed by atoms with Gasteiger partial charge in [-0.2, -0.15) is 0 Å². The standard InChI is InChI=1S/C36H33NO3/c1-16-19(4)23(8)32-29(20(16)5)24(9)37(36(32)40)28-12-10-11-25-13-14-26(15-27(25)28)33-34(38)30-21(6)17(2)18(3)22(7)31(30)35(33)39/h10-14H,9,15H2,1-8H3. The van der Waals surface area contributed by atoms with E-state index < -0.39 is 0 Å². The number of Topliss-reactive ketones (excluding diaryl/α,β-unsaturated/α-hetero) is 2. The number of ketones is 2. The van der Waals surface area contributed by atoms with E-state index in [1.807, 2.05) is 65.0 Å². The number of anilines is 1. The quantitative estimate of drug-likeness (QED) is 0.240. The van der Waals surface area contributed by atoms with E-state index in [1.165, 1.54) is 5.56 Å². The minimum absolute atomic E-state index is 0.0847. The molecule has 1 heterocycles. The Balaban J connectivity index is 1.49. The maximum absolute atomic E-state index is 14.0. The zero-order valence-corrected chi connectivity index (χ0v) is 24.5. The number of rotatable bonds is 1. The van der Waals surface area contributed by atoms with Gasteiger partial charge in [-0.1, -0.05) is 30.9 Å². The highest BCUT2D eigenvalue weighted by Gasteiger charge is 2.41. The summed E-state index contributed by atoms with van der Waals surface area (Å²) in [5.41, 5.74) is 15.1. The minimum Gasteiger partial charge on any atom is -0.288 e. The highest BCUT2D eigenvalue weighted by Crippen LogP contribution is 2.45. The molecule has 2 aliphatic carbocycles. The zero-order valence-electron chi connectivity index (χ0n) is 24.5. The van der Waals surface area contributed by atoms with Crippen LogP contribution in [0.2, 0.25) is 0 Å². The zero-order chi connectivity index (χ0) is 28.9. The lowest BCUT2D eigenvalue weighted by Crippen LogP contribution is -2.24. The number of amides is 1. The van der Waals surface area contributed by atoms with E-state index in [4.69, 9.17) is 0 Å². The van der Waals surface area contributed by atoms with Gasteiger partial charge in [0.25, 0.3) is 5.91 Å². The van der Waals surface area contributed by atoms with Crippen LogP contribution >= 0.6 is 0 Å². The third-order valence-corrected chi connectivity index (χ3v) is 9.84. The molecule has 6 rings (SSSR count). The van der Waals surface area contributed by atoms with Gasteiger partial charge in [-0.3, -0.25) is 19.3 Å². The Bertz CT molecular complexity index is 1770. The molecule has 3 aromatic carbocycles. The molecule has 4 heteroatoms. The highest BCUT2D eigenvalue weighted by molar-refractivity contribution is 6.41. The van der Waals surface area contributed by atoms with Gasteiger partial charge in [0.2, 0.25) is 0 Å². The maximum atomic E-state index is 14.0. The summed E-state index contributed by atoms with van der Waals surface area (Å²) in [4.78, 5) is 43.3. The van der Waals surface area contributed by atoms with E-state index in [1.54, 1.807) is 4.90 Å². The Morgan fingerprint density at radius 2 is 1.12 bits per heavy atom. The number of hydrogen-bond donors (Lipinski definition) is 0. The van der Waals surface area contributed by atoms with Crippen LogP contribution in [0.4, 0.5) is 5.69 Å². The lowest BCUT2D eigenvalue weighted by molar-refractivity contribution is 0.0981. The molecule has 3 aromatic rings. The summed E-state index contributed by atoms with van der Waals surface area (Å²) in [6, 6.07) is 5.89. The Kier molecular flexibility index (Phi) is 5.57. The molecular weight excluding hydrogens is 494 g/mol. The van der Waals surface area contributed by atoms with E-state index in [-0.39, 0.29) is 23.0 Å². The number of benzene rings is 3. The fraction of sp³-hybridized carbons (Fsp3) is 0.250. The van der Waals surface area contributed by atoms with E-state index in [2.05, 4.69) is 27.4 Å². The lowest BCUT2D eigenvalue weighted by atomic mass is 9.88. The predicted octanol–water partition coefficient (Wildman–Crippen LogP) is 7.73. The number of fused-ring (bicyclic) bond motifs is 3. The van der Waals surface area contributed by atoms with Crippen LogP contribution in [0.15, 0.2) is 42.0 Å². The summed E-state index contributed by atoms with van der Waals surface area (Å²) in [7, 11) is 0. The molecule has 0 saturated carbocycles. The fourth-order valence-corrected chi connectivity index (χ4v) is 6.83. The molecule has 40 heavy (non-hydrogen) atoms. The molecule has 1 amide bonds. The molecule has 0 fully saturated rings. The van der Waals surface area contributed by atoms with E-state index in [9.17, 15) is 14.4 Å². The predicted molar refractivity (Wildman–Crippen MR) is 161 cm³/mol. The van der Waals surface area contributed by atoms with Crippen molar-refractivity contribution in [2.45, 2.75) is 61.8 Å². The summed E-state index contributed by atoms with van der Waals surface area (Å²) < 4.78 is 0. The summed E-state index contributed by atoms with van der Waals surface area (Å²) >= 11 is 0. The molecule has 0 bridgehead atoms. The third-order valence-electron chi connectivity index (χ3n) is 9.84. The SMILES string of the molecule is C=C1c2c(C)c(C)c(C)c(C)c2C(=O)N1c1cccc2c1CC(=C1C(=O)c3c(C)c(C)c(C)c(C)c3C1=O)C=C2. The third kappa shape index (κ3) is 3.16. The number of carbonyl (C=O) groups is 3. The van der Waals surface area contributed by atoms with Crippen molar-refractivity contribution in [1.29, 1.82) is 0 Å². The normalized spacial score (nSPS) is 15.8. The van der Waals surface area contributed by atoms with Crippen molar-refractivity contribution in [2.24, 2.45) is 0 Å². The van der Waals surface area contributed by atoms with Crippen molar-refractivity contribution < 1.29 is 14.4 Å². The Labute approximate surface area is 235 Å². The Hall–Kier alpha value is -4.31. The van der Waals surface area contributed by atoms with Crippen molar-refractivity contribution in [1.82, 2.24) is 0 Å². The average Bonchev–Trinajstić information content (AvgIpc) is 3.35. The van der Waals surface area contributed by atoms with Crippen molar-refractivity contribution >= 4 is 34.9 Å². The van der Waals surface area contributed by atoms with E-state index in [0.717, 1.165) is 61.3 Å². The van der Waals surface area contributed by atoms with E-state index >= 15 is 0 Å². The van der Waals surface area contributed by atoms with Crippen molar-refractivity contribution in [3.8, 4) is 0 Å². The van der Waals surface area contributed by atoms with Crippen LogP contribution in [0.25, 0.3) is 11.8 Å². The van der Waals surface area contributed by atoms with Crippen molar-refractivity contribution in [3.63, 3.8) is 0 Å². The summed E-state index contributed by atoms with van der Waals surface area (Å²) in [6.07, 6.45) is 4.22.